The Morgan fingerprint density at radius 1 is 1.26 bits per heavy atom. The number of aryl methyl sites for hydroxylation is 1. The van der Waals surface area contributed by atoms with Crippen molar-refractivity contribution in [2.24, 2.45) is 0 Å². The number of likely N-dealkylation sites (tertiary alicyclic amines) is 1. The molecular weight excluding hydrogens is 234 g/mol. The zero-order valence-electron chi connectivity index (χ0n) is 11.9. The Balaban J connectivity index is 1.65. The van der Waals surface area contributed by atoms with Gasteiger partial charge in [0.25, 0.3) is 0 Å². The lowest BCUT2D eigenvalue weighted by Crippen LogP contribution is -2.44. The normalized spacial score (nSPS) is 26.9. The molecule has 1 saturated heterocycles. The largest absolute Gasteiger partial charge is 0.390 e. The SMILES string of the molecule is CC1(O)CCN(CC2CCCc3ccccc32)CC1. The molecule has 0 aromatic heterocycles. The van der Waals surface area contributed by atoms with Gasteiger partial charge in [-0.1, -0.05) is 24.3 Å². The second-order valence-corrected chi connectivity index (χ2v) is 6.59. The zero-order valence-corrected chi connectivity index (χ0v) is 11.9. The Labute approximate surface area is 116 Å². The molecule has 0 spiro atoms. The van der Waals surface area contributed by atoms with E-state index >= 15 is 0 Å². The van der Waals surface area contributed by atoms with Crippen molar-refractivity contribution in [3.8, 4) is 0 Å². The van der Waals surface area contributed by atoms with E-state index in [1.807, 2.05) is 6.92 Å². The smallest absolute Gasteiger partial charge is 0.0644 e. The van der Waals surface area contributed by atoms with Gasteiger partial charge in [-0.25, -0.2) is 0 Å². The van der Waals surface area contributed by atoms with Crippen LogP contribution in [0.15, 0.2) is 24.3 Å². The molecule has 0 saturated carbocycles. The molecule has 1 unspecified atom stereocenters. The average Bonchev–Trinajstić information content (AvgIpc) is 2.42. The summed E-state index contributed by atoms with van der Waals surface area (Å²) >= 11 is 0. The summed E-state index contributed by atoms with van der Waals surface area (Å²) in [5, 5.41) is 10.0. The first-order valence-corrected chi connectivity index (χ1v) is 7.67. The highest BCUT2D eigenvalue weighted by molar-refractivity contribution is 5.32. The van der Waals surface area contributed by atoms with Crippen LogP contribution in [0.5, 0.6) is 0 Å². The average molecular weight is 259 g/mol. The van der Waals surface area contributed by atoms with E-state index in [0.717, 1.165) is 25.9 Å². The predicted octanol–water partition coefficient (Wildman–Crippen LogP) is 2.95. The van der Waals surface area contributed by atoms with Crippen molar-refractivity contribution >= 4 is 0 Å². The first kappa shape index (κ1) is 13.1. The molecule has 2 aliphatic rings. The lowest BCUT2D eigenvalue weighted by molar-refractivity contribution is -0.00693. The van der Waals surface area contributed by atoms with E-state index in [9.17, 15) is 5.11 Å². The number of benzene rings is 1. The maximum Gasteiger partial charge on any atom is 0.0644 e. The van der Waals surface area contributed by atoms with Crippen LogP contribution in [-0.2, 0) is 6.42 Å². The van der Waals surface area contributed by atoms with E-state index in [-0.39, 0.29) is 0 Å². The van der Waals surface area contributed by atoms with Crippen molar-refractivity contribution in [3.63, 3.8) is 0 Å². The highest BCUT2D eigenvalue weighted by atomic mass is 16.3. The summed E-state index contributed by atoms with van der Waals surface area (Å²) in [7, 11) is 0. The van der Waals surface area contributed by atoms with Gasteiger partial charge >= 0.3 is 0 Å². The Bertz CT molecular complexity index is 431. The summed E-state index contributed by atoms with van der Waals surface area (Å²) in [5.74, 6) is 0.702. The predicted molar refractivity (Wildman–Crippen MR) is 78.4 cm³/mol. The monoisotopic (exact) mass is 259 g/mol. The van der Waals surface area contributed by atoms with Gasteiger partial charge < -0.3 is 10.0 Å². The number of hydrogen-bond acceptors (Lipinski definition) is 2. The van der Waals surface area contributed by atoms with Crippen LogP contribution in [0, 0.1) is 0 Å². The van der Waals surface area contributed by atoms with E-state index < -0.39 is 5.60 Å². The molecule has 1 N–H and O–H groups in total. The third-order valence-electron chi connectivity index (χ3n) is 4.91. The van der Waals surface area contributed by atoms with E-state index in [1.165, 1.54) is 25.8 Å². The summed E-state index contributed by atoms with van der Waals surface area (Å²) in [6.45, 7) is 5.24. The summed E-state index contributed by atoms with van der Waals surface area (Å²) < 4.78 is 0. The van der Waals surface area contributed by atoms with Gasteiger partial charge in [0.15, 0.2) is 0 Å². The topological polar surface area (TPSA) is 23.5 Å². The van der Waals surface area contributed by atoms with Gasteiger partial charge in [-0.15, -0.1) is 0 Å². The molecule has 1 atom stereocenters. The van der Waals surface area contributed by atoms with Crippen molar-refractivity contribution in [1.82, 2.24) is 4.90 Å². The maximum absolute atomic E-state index is 10.0. The quantitative estimate of drug-likeness (QED) is 0.882. The summed E-state index contributed by atoms with van der Waals surface area (Å²) in [6.07, 6.45) is 5.74. The third-order valence-corrected chi connectivity index (χ3v) is 4.91. The summed E-state index contributed by atoms with van der Waals surface area (Å²) in [5.41, 5.74) is 2.70. The number of hydrogen-bond donors (Lipinski definition) is 1. The van der Waals surface area contributed by atoms with Crippen molar-refractivity contribution in [2.45, 2.75) is 50.5 Å². The molecule has 1 heterocycles. The van der Waals surface area contributed by atoms with Gasteiger partial charge in [0.2, 0.25) is 0 Å². The maximum atomic E-state index is 10.0. The van der Waals surface area contributed by atoms with Crippen molar-refractivity contribution in [2.75, 3.05) is 19.6 Å². The summed E-state index contributed by atoms with van der Waals surface area (Å²) in [6, 6.07) is 8.96. The Morgan fingerprint density at radius 2 is 2.00 bits per heavy atom. The van der Waals surface area contributed by atoms with Gasteiger partial charge in [0.1, 0.15) is 0 Å². The molecule has 1 aromatic rings. The number of aliphatic hydroxyl groups is 1. The van der Waals surface area contributed by atoms with Gasteiger partial charge in [-0.2, -0.15) is 0 Å². The minimum atomic E-state index is -0.430. The lowest BCUT2D eigenvalue weighted by atomic mass is 9.82. The molecule has 19 heavy (non-hydrogen) atoms. The number of nitrogens with zero attached hydrogens (tertiary/aromatic N) is 1. The number of piperidine rings is 1. The van der Waals surface area contributed by atoms with Crippen LogP contribution in [0.1, 0.15) is 49.7 Å². The minimum Gasteiger partial charge on any atom is -0.390 e. The van der Waals surface area contributed by atoms with Crippen molar-refractivity contribution in [3.05, 3.63) is 35.4 Å². The molecule has 1 fully saturated rings. The van der Waals surface area contributed by atoms with E-state index in [2.05, 4.69) is 29.2 Å². The van der Waals surface area contributed by atoms with Crippen LogP contribution >= 0.6 is 0 Å². The number of rotatable bonds is 2. The van der Waals surface area contributed by atoms with Gasteiger partial charge in [-0.05, 0) is 56.1 Å². The molecule has 3 rings (SSSR count). The van der Waals surface area contributed by atoms with E-state index in [4.69, 9.17) is 0 Å². The molecule has 2 heteroatoms. The van der Waals surface area contributed by atoms with E-state index in [1.54, 1.807) is 11.1 Å². The molecule has 0 amide bonds. The second kappa shape index (κ2) is 5.26. The van der Waals surface area contributed by atoms with Crippen molar-refractivity contribution < 1.29 is 5.11 Å². The second-order valence-electron chi connectivity index (χ2n) is 6.59. The zero-order chi connectivity index (χ0) is 13.3. The fourth-order valence-corrected chi connectivity index (χ4v) is 3.57. The minimum absolute atomic E-state index is 0.430. The third kappa shape index (κ3) is 3.01. The molecule has 2 nitrogen and oxygen atoms in total. The van der Waals surface area contributed by atoms with Crippen LogP contribution in [0.2, 0.25) is 0 Å². The van der Waals surface area contributed by atoms with Crippen molar-refractivity contribution in [1.29, 1.82) is 0 Å². The highest BCUT2D eigenvalue weighted by Crippen LogP contribution is 2.33. The Kier molecular flexibility index (Phi) is 3.64. The Hall–Kier alpha value is -0.860. The van der Waals surface area contributed by atoms with Gasteiger partial charge in [0.05, 0.1) is 5.60 Å². The fraction of sp³-hybridized carbons (Fsp3) is 0.647. The van der Waals surface area contributed by atoms with Crippen LogP contribution in [0.25, 0.3) is 0 Å². The van der Waals surface area contributed by atoms with Gasteiger partial charge in [-0.3, -0.25) is 0 Å². The molecule has 0 radical (unpaired) electrons. The van der Waals surface area contributed by atoms with Crippen LogP contribution in [0.4, 0.5) is 0 Å². The van der Waals surface area contributed by atoms with Crippen LogP contribution in [-0.4, -0.2) is 35.2 Å². The molecule has 1 aliphatic heterocycles. The molecule has 1 aromatic carbocycles. The standard InChI is InChI=1S/C17H25NO/c1-17(19)9-11-18(12-10-17)13-15-7-4-6-14-5-2-3-8-16(14)15/h2-3,5,8,15,19H,4,6-7,9-13H2,1H3. The summed E-state index contributed by atoms with van der Waals surface area (Å²) in [4.78, 5) is 2.55. The molecule has 0 bridgehead atoms. The fourth-order valence-electron chi connectivity index (χ4n) is 3.57. The first-order valence-electron chi connectivity index (χ1n) is 7.67. The molecule has 1 aliphatic carbocycles. The van der Waals surface area contributed by atoms with E-state index in [0.29, 0.717) is 5.92 Å². The molecule has 104 valence electrons. The van der Waals surface area contributed by atoms with Crippen LogP contribution < -0.4 is 0 Å². The lowest BCUT2D eigenvalue weighted by Gasteiger charge is -2.38. The number of fused-ring (bicyclic) bond motifs is 1. The first-order chi connectivity index (χ1) is 9.14. The van der Waals surface area contributed by atoms with Gasteiger partial charge in [0, 0.05) is 19.6 Å². The highest BCUT2D eigenvalue weighted by Gasteiger charge is 2.29. The van der Waals surface area contributed by atoms with Crippen LogP contribution in [0.3, 0.4) is 0 Å². The Morgan fingerprint density at radius 3 is 2.79 bits per heavy atom. The molecular formula is C17H25NO.